The van der Waals surface area contributed by atoms with Crippen molar-refractivity contribution >= 4 is 10.0 Å². The van der Waals surface area contributed by atoms with Gasteiger partial charge in [-0.05, 0) is 24.1 Å². The third-order valence-corrected chi connectivity index (χ3v) is 4.95. The molecule has 0 amide bonds. The number of hydrogen-bond acceptors (Lipinski definition) is 4. The lowest BCUT2D eigenvalue weighted by Gasteiger charge is -2.21. The van der Waals surface area contributed by atoms with E-state index in [0.717, 1.165) is 5.56 Å². The highest BCUT2D eigenvalue weighted by molar-refractivity contribution is 7.89. The number of sulfonamides is 1. The topological polar surface area (TPSA) is 55.8 Å². The molecular weight excluding hydrogens is 266 g/mol. The van der Waals surface area contributed by atoms with Crippen molar-refractivity contribution in [3.05, 3.63) is 23.8 Å². The van der Waals surface area contributed by atoms with Crippen molar-refractivity contribution in [2.75, 3.05) is 26.0 Å². The number of fused-ring (bicyclic) bond motifs is 1. The summed E-state index contributed by atoms with van der Waals surface area (Å²) < 4.78 is 36.1. The standard InChI is InChI=1S/C13H19NO4S/c1-3-8-19(15,16)14(2)10-11-4-5-12-13(9-11)18-7-6-17-12/h4-5,9H,3,6-8,10H2,1-2H3. The molecule has 19 heavy (non-hydrogen) atoms. The van der Waals surface area contributed by atoms with E-state index in [1.54, 1.807) is 7.05 Å². The zero-order chi connectivity index (χ0) is 13.9. The van der Waals surface area contributed by atoms with E-state index in [0.29, 0.717) is 37.7 Å². The fourth-order valence-electron chi connectivity index (χ4n) is 1.96. The Morgan fingerprint density at radius 3 is 2.58 bits per heavy atom. The maximum atomic E-state index is 11.9. The Hall–Kier alpha value is -1.27. The third kappa shape index (κ3) is 3.39. The Kier molecular flexibility index (Phi) is 4.31. The molecule has 106 valence electrons. The zero-order valence-electron chi connectivity index (χ0n) is 11.3. The molecule has 2 rings (SSSR count). The zero-order valence-corrected chi connectivity index (χ0v) is 12.1. The van der Waals surface area contributed by atoms with Crippen LogP contribution in [0.4, 0.5) is 0 Å². The fourth-order valence-corrected chi connectivity index (χ4v) is 3.13. The van der Waals surface area contributed by atoms with Crippen LogP contribution >= 0.6 is 0 Å². The average Bonchev–Trinajstić information content (AvgIpc) is 2.38. The molecule has 0 aliphatic carbocycles. The van der Waals surface area contributed by atoms with Crippen molar-refractivity contribution in [1.29, 1.82) is 0 Å². The Bertz CT molecular complexity index is 542. The van der Waals surface area contributed by atoms with Gasteiger partial charge in [0.25, 0.3) is 0 Å². The van der Waals surface area contributed by atoms with Crippen molar-refractivity contribution < 1.29 is 17.9 Å². The molecule has 0 unspecified atom stereocenters. The molecule has 6 heteroatoms. The van der Waals surface area contributed by atoms with Crippen molar-refractivity contribution in [2.45, 2.75) is 19.9 Å². The van der Waals surface area contributed by atoms with Gasteiger partial charge < -0.3 is 9.47 Å². The van der Waals surface area contributed by atoms with Gasteiger partial charge in [-0.3, -0.25) is 0 Å². The van der Waals surface area contributed by atoms with Crippen LogP contribution in [0.5, 0.6) is 11.5 Å². The molecule has 0 spiro atoms. The van der Waals surface area contributed by atoms with Gasteiger partial charge in [0.05, 0.1) is 5.75 Å². The van der Waals surface area contributed by atoms with Crippen LogP contribution in [-0.2, 0) is 16.6 Å². The Morgan fingerprint density at radius 2 is 1.89 bits per heavy atom. The van der Waals surface area contributed by atoms with Crippen LogP contribution in [-0.4, -0.2) is 38.7 Å². The van der Waals surface area contributed by atoms with Crippen LogP contribution < -0.4 is 9.47 Å². The van der Waals surface area contributed by atoms with Gasteiger partial charge in [0, 0.05) is 13.6 Å². The van der Waals surface area contributed by atoms with E-state index in [1.165, 1.54) is 4.31 Å². The minimum atomic E-state index is -3.17. The second-order valence-electron chi connectivity index (χ2n) is 4.55. The molecule has 1 aliphatic heterocycles. The summed E-state index contributed by atoms with van der Waals surface area (Å²) in [6.07, 6.45) is 0.619. The van der Waals surface area contributed by atoms with Crippen LogP contribution in [0.3, 0.4) is 0 Å². The molecule has 1 aromatic carbocycles. The van der Waals surface area contributed by atoms with Gasteiger partial charge in [0.1, 0.15) is 13.2 Å². The lowest BCUT2D eigenvalue weighted by Crippen LogP contribution is -2.28. The van der Waals surface area contributed by atoms with Crippen LogP contribution in [0.2, 0.25) is 0 Å². The summed E-state index contributed by atoms with van der Waals surface area (Å²) in [6, 6.07) is 5.53. The van der Waals surface area contributed by atoms with E-state index in [4.69, 9.17) is 9.47 Å². The van der Waals surface area contributed by atoms with Crippen molar-refractivity contribution in [2.24, 2.45) is 0 Å². The first-order valence-corrected chi connectivity index (χ1v) is 7.96. The first-order valence-electron chi connectivity index (χ1n) is 6.35. The van der Waals surface area contributed by atoms with Gasteiger partial charge in [0.2, 0.25) is 10.0 Å². The van der Waals surface area contributed by atoms with E-state index in [9.17, 15) is 8.42 Å². The molecule has 0 radical (unpaired) electrons. The fraction of sp³-hybridized carbons (Fsp3) is 0.538. The molecule has 0 bridgehead atoms. The quantitative estimate of drug-likeness (QED) is 0.825. The summed E-state index contributed by atoms with van der Waals surface area (Å²) in [5.74, 6) is 1.58. The minimum absolute atomic E-state index is 0.175. The Balaban J connectivity index is 2.11. The van der Waals surface area contributed by atoms with E-state index in [2.05, 4.69) is 0 Å². The molecule has 0 atom stereocenters. The molecular formula is C13H19NO4S. The van der Waals surface area contributed by atoms with Crippen LogP contribution in [0.25, 0.3) is 0 Å². The number of ether oxygens (including phenoxy) is 2. The molecule has 1 heterocycles. The second kappa shape index (κ2) is 5.79. The van der Waals surface area contributed by atoms with Gasteiger partial charge in [-0.1, -0.05) is 13.0 Å². The van der Waals surface area contributed by atoms with Crippen LogP contribution in [0.15, 0.2) is 18.2 Å². The van der Waals surface area contributed by atoms with Gasteiger partial charge >= 0.3 is 0 Å². The number of rotatable bonds is 5. The average molecular weight is 285 g/mol. The molecule has 1 aromatic rings. The predicted molar refractivity (Wildman–Crippen MR) is 73.0 cm³/mol. The summed E-state index contributed by atoms with van der Waals surface area (Å²) in [7, 11) is -1.57. The molecule has 0 aromatic heterocycles. The molecule has 0 saturated heterocycles. The highest BCUT2D eigenvalue weighted by Crippen LogP contribution is 2.31. The Morgan fingerprint density at radius 1 is 1.21 bits per heavy atom. The van der Waals surface area contributed by atoms with E-state index in [-0.39, 0.29) is 5.75 Å². The first kappa shape index (κ1) is 14.1. The Labute approximate surface area is 114 Å². The molecule has 5 nitrogen and oxygen atoms in total. The minimum Gasteiger partial charge on any atom is -0.486 e. The van der Waals surface area contributed by atoms with Crippen LogP contribution in [0.1, 0.15) is 18.9 Å². The normalized spacial score (nSPS) is 14.7. The van der Waals surface area contributed by atoms with Crippen molar-refractivity contribution in [3.63, 3.8) is 0 Å². The number of nitrogens with zero attached hydrogens (tertiary/aromatic N) is 1. The van der Waals surface area contributed by atoms with Gasteiger partial charge in [-0.2, -0.15) is 0 Å². The maximum Gasteiger partial charge on any atom is 0.214 e. The number of benzene rings is 1. The van der Waals surface area contributed by atoms with Gasteiger partial charge in [0.15, 0.2) is 11.5 Å². The molecule has 0 fully saturated rings. The third-order valence-electron chi connectivity index (χ3n) is 2.95. The summed E-state index contributed by atoms with van der Waals surface area (Å²) >= 11 is 0. The molecule has 0 saturated carbocycles. The summed E-state index contributed by atoms with van der Waals surface area (Å²) in [5, 5.41) is 0. The van der Waals surface area contributed by atoms with Gasteiger partial charge in [-0.15, -0.1) is 0 Å². The SMILES string of the molecule is CCCS(=O)(=O)N(C)Cc1ccc2c(c1)OCCO2. The first-order chi connectivity index (χ1) is 9.03. The van der Waals surface area contributed by atoms with E-state index >= 15 is 0 Å². The summed E-state index contributed by atoms with van der Waals surface area (Å²) in [6.45, 7) is 3.28. The largest absolute Gasteiger partial charge is 0.486 e. The molecule has 0 N–H and O–H groups in total. The molecule has 1 aliphatic rings. The lowest BCUT2D eigenvalue weighted by molar-refractivity contribution is 0.171. The smallest absolute Gasteiger partial charge is 0.214 e. The van der Waals surface area contributed by atoms with Crippen LogP contribution in [0, 0.1) is 0 Å². The lowest BCUT2D eigenvalue weighted by atomic mass is 10.2. The maximum absolute atomic E-state index is 11.9. The summed E-state index contributed by atoms with van der Waals surface area (Å²) in [5.41, 5.74) is 0.895. The highest BCUT2D eigenvalue weighted by Gasteiger charge is 2.18. The monoisotopic (exact) mass is 285 g/mol. The van der Waals surface area contributed by atoms with Crippen molar-refractivity contribution in [3.8, 4) is 11.5 Å². The van der Waals surface area contributed by atoms with E-state index in [1.807, 2.05) is 25.1 Å². The van der Waals surface area contributed by atoms with E-state index < -0.39 is 10.0 Å². The van der Waals surface area contributed by atoms with Gasteiger partial charge in [-0.25, -0.2) is 12.7 Å². The highest BCUT2D eigenvalue weighted by atomic mass is 32.2. The number of hydrogen-bond donors (Lipinski definition) is 0. The van der Waals surface area contributed by atoms with Crippen molar-refractivity contribution in [1.82, 2.24) is 4.31 Å². The second-order valence-corrected chi connectivity index (χ2v) is 6.75. The summed E-state index contributed by atoms with van der Waals surface area (Å²) in [4.78, 5) is 0. The predicted octanol–water partition coefficient (Wildman–Crippen LogP) is 1.63.